The number of H-pyrrole nitrogens is 1. The molecule has 1 aliphatic heterocycles. The van der Waals surface area contributed by atoms with Crippen LogP contribution >= 0.6 is 0 Å². The standard InChI is InChI=1S/C19H22FN3O4/c1-2-7-19(18(26)27)11-23(8-6-15(19)24)17(25)14-10-21-22-16(14)12-4-3-5-13(20)9-12/h3-5,9-10,15,24H,2,6-8,11H2,1H3,(H,21,22)(H,26,27)/t15-,19+/m0/s1. The summed E-state index contributed by atoms with van der Waals surface area (Å²) in [7, 11) is 0. The molecule has 27 heavy (non-hydrogen) atoms. The van der Waals surface area contributed by atoms with Gasteiger partial charge >= 0.3 is 5.97 Å². The number of amides is 1. The first-order chi connectivity index (χ1) is 12.9. The van der Waals surface area contributed by atoms with Gasteiger partial charge in [-0.1, -0.05) is 25.5 Å². The van der Waals surface area contributed by atoms with Gasteiger partial charge in [-0.3, -0.25) is 14.7 Å². The van der Waals surface area contributed by atoms with Crippen molar-refractivity contribution in [2.24, 2.45) is 5.41 Å². The van der Waals surface area contributed by atoms with Crippen molar-refractivity contribution in [3.8, 4) is 11.3 Å². The van der Waals surface area contributed by atoms with Gasteiger partial charge < -0.3 is 15.1 Å². The maximum absolute atomic E-state index is 13.5. The second-order valence-corrected chi connectivity index (χ2v) is 6.91. The molecule has 0 bridgehead atoms. The fraction of sp³-hybridized carbons (Fsp3) is 0.421. The number of carbonyl (C=O) groups excluding carboxylic acids is 1. The average molecular weight is 375 g/mol. The average Bonchev–Trinajstić information content (AvgIpc) is 3.12. The number of carboxylic acid groups (broad SMARTS) is 1. The van der Waals surface area contributed by atoms with Gasteiger partial charge in [-0.2, -0.15) is 5.10 Å². The first-order valence-corrected chi connectivity index (χ1v) is 8.89. The number of aliphatic hydroxyl groups is 1. The fourth-order valence-corrected chi connectivity index (χ4v) is 3.74. The van der Waals surface area contributed by atoms with E-state index in [0.29, 0.717) is 17.7 Å². The van der Waals surface area contributed by atoms with Crippen molar-refractivity contribution < 1.29 is 24.2 Å². The maximum Gasteiger partial charge on any atom is 0.314 e. The summed E-state index contributed by atoms with van der Waals surface area (Å²) in [5.41, 5.74) is -0.286. The second kappa shape index (κ2) is 7.48. The van der Waals surface area contributed by atoms with Gasteiger partial charge in [0.25, 0.3) is 5.91 Å². The number of aliphatic carboxylic acids is 1. The summed E-state index contributed by atoms with van der Waals surface area (Å²) in [6, 6.07) is 5.79. The van der Waals surface area contributed by atoms with Crippen molar-refractivity contribution in [1.29, 1.82) is 0 Å². The highest BCUT2D eigenvalue weighted by molar-refractivity contribution is 6.00. The topological polar surface area (TPSA) is 107 Å². The summed E-state index contributed by atoms with van der Waals surface area (Å²) in [6.07, 6.45) is 1.38. The summed E-state index contributed by atoms with van der Waals surface area (Å²) >= 11 is 0. The zero-order valence-corrected chi connectivity index (χ0v) is 15.0. The number of hydrogen-bond acceptors (Lipinski definition) is 4. The van der Waals surface area contributed by atoms with Crippen molar-refractivity contribution in [1.82, 2.24) is 15.1 Å². The van der Waals surface area contributed by atoms with Crippen LogP contribution in [0, 0.1) is 11.2 Å². The van der Waals surface area contributed by atoms with Gasteiger partial charge in [-0.05, 0) is 25.0 Å². The lowest BCUT2D eigenvalue weighted by Gasteiger charge is -2.43. The van der Waals surface area contributed by atoms with Gasteiger partial charge in [0, 0.05) is 18.7 Å². The van der Waals surface area contributed by atoms with E-state index in [0.717, 1.165) is 0 Å². The lowest BCUT2D eigenvalue weighted by Crippen LogP contribution is -2.57. The van der Waals surface area contributed by atoms with E-state index in [1.54, 1.807) is 6.07 Å². The van der Waals surface area contributed by atoms with Crippen molar-refractivity contribution in [3.63, 3.8) is 0 Å². The van der Waals surface area contributed by atoms with Crippen molar-refractivity contribution in [3.05, 3.63) is 41.8 Å². The van der Waals surface area contributed by atoms with Gasteiger partial charge in [0.1, 0.15) is 11.2 Å². The third-order valence-corrected chi connectivity index (χ3v) is 5.18. The number of piperidine rings is 1. The van der Waals surface area contributed by atoms with Gasteiger partial charge in [0.2, 0.25) is 0 Å². The number of aromatic amines is 1. The van der Waals surface area contributed by atoms with E-state index in [-0.39, 0.29) is 31.5 Å². The molecule has 0 radical (unpaired) electrons. The van der Waals surface area contributed by atoms with Crippen LogP contribution in [0.4, 0.5) is 4.39 Å². The minimum Gasteiger partial charge on any atom is -0.481 e. The number of rotatable bonds is 5. The molecule has 1 fully saturated rings. The summed E-state index contributed by atoms with van der Waals surface area (Å²) in [4.78, 5) is 26.4. The highest BCUT2D eigenvalue weighted by Gasteiger charge is 2.49. The molecule has 1 amide bonds. The molecule has 1 aliphatic rings. The largest absolute Gasteiger partial charge is 0.481 e. The van der Waals surface area contributed by atoms with Crippen LogP contribution in [-0.2, 0) is 4.79 Å². The number of hydrogen-bond donors (Lipinski definition) is 3. The van der Waals surface area contributed by atoms with Crippen LogP contribution in [0.3, 0.4) is 0 Å². The number of carboxylic acids is 1. The zero-order chi connectivity index (χ0) is 19.6. The lowest BCUT2D eigenvalue weighted by atomic mass is 9.74. The number of benzene rings is 1. The van der Waals surface area contributed by atoms with Crippen molar-refractivity contribution in [2.45, 2.75) is 32.3 Å². The van der Waals surface area contributed by atoms with Crippen LogP contribution in [-0.4, -0.2) is 56.4 Å². The molecule has 144 valence electrons. The Balaban J connectivity index is 1.91. The maximum atomic E-state index is 13.5. The predicted molar refractivity (Wildman–Crippen MR) is 95.5 cm³/mol. The Morgan fingerprint density at radius 3 is 2.89 bits per heavy atom. The number of nitrogens with one attached hydrogen (secondary N) is 1. The molecule has 1 aromatic heterocycles. The van der Waals surface area contributed by atoms with Gasteiger partial charge in [-0.25, -0.2) is 4.39 Å². The van der Waals surface area contributed by atoms with Gasteiger partial charge in [-0.15, -0.1) is 0 Å². The Kier molecular flexibility index (Phi) is 5.27. The van der Waals surface area contributed by atoms with E-state index in [1.807, 2.05) is 6.92 Å². The Bertz CT molecular complexity index is 853. The smallest absolute Gasteiger partial charge is 0.314 e. The van der Waals surface area contributed by atoms with Crippen LogP contribution in [0.2, 0.25) is 0 Å². The number of aliphatic hydroxyl groups excluding tert-OH is 1. The first kappa shape index (κ1) is 19.0. The van der Waals surface area contributed by atoms with Crippen LogP contribution < -0.4 is 0 Å². The van der Waals surface area contributed by atoms with Crippen LogP contribution in [0.1, 0.15) is 36.5 Å². The highest BCUT2D eigenvalue weighted by atomic mass is 19.1. The number of aromatic nitrogens is 2. The van der Waals surface area contributed by atoms with E-state index in [1.165, 1.54) is 29.3 Å². The summed E-state index contributed by atoms with van der Waals surface area (Å²) < 4.78 is 13.5. The molecule has 0 aliphatic carbocycles. The number of carbonyl (C=O) groups is 2. The molecular weight excluding hydrogens is 353 g/mol. The predicted octanol–water partition coefficient (Wildman–Crippen LogP) is 2.29. The minimum atomic E-state index is -1.38. The van der Waals surface area contributed by atoms with Crippen molar-refractivity contribution in [2.75, 3.05) is 13.1 Å². The molecule has 7 nitrogen and oxygen atoms in total. The Morgan fingerprint density at radius 2 is 2.22 bits per heavy atom. The molecule has 3 N–H and O–H groups in total. The molecule has 1 aromatic carbocycles. The van der Waals surface area contributed by atoms with E-state index in [9.17, 15) is 24.2 Å². The van der Waals surface area contributed by atoms with E-state index < -0.39 is 29.2 Å². The van der Waals surface area contributed by atoms with E-state index >= 15 is 0 Å². The van der Waals surface area contributed by atoms with E-state index in [2.05, 4.69) is 10.2 Å². The third-order valence-electron chi connectivity index (χ3n) is 5.18. The first-order valence-electron chi connectivity index (χ1n) is 8.89. The molecule has 0 saturated carbocycles. The number of halogens is 1. The SMILES string of the molecule is CCC[C@@]1(C(=O)O)CN(C(=O)c2cn[nH]c2-c2cccc(F)c2)CC[C@@H]1O. The molecule has 1 saturated heterocycles. The Morgan fingerprint density at radius 1 is 1.44 bits per heavy atom. The molecule has 2 atom stereocenters. The number of nitrogens with zero attached hydrogens (tertiary/aromatic N) is 2. The van der Waals surface area contributed by atoms with Crippen molar-refractivity contribution >= 4 is 11.9 Å². The van der Waals surface area contributed by atoms with Crippen LogP contribution in [0.25, 0.3) is 11.3 Å². The molecule has 0 unspecified atom stereocenters. The quantitative estimate of drug-likeness (QED) is 0.743. The number of likely N-dealkylation sites (tertiary alicyclic amines) is 1. The molecule has 0 spiro atoms. The lowest BCUT2D eigenvalue weighted by molar-refractivity contribution is -0.162. The van der Waals surface area contributed by atoms with Crippen LogP contribution in [0.5, 0.6) is 0 Å². The molecular formula is C19H22FN3O4. The molecule has 2 heterocycles. The van der Waals surface area contributed by atoms with Gasteiger partial charge in [0.15, 0.2) is 0 Å². The van der Waals surface area contributed by atoms with Crippen LogP contribution in [0.15, 0.2) is 30.5 Å². The highest BCUT2D eigenvalue weighted by Crippen LogP contribution is 2.36. The molecule has 2 aromatic rings. The summed E-state index contributed by atoms with van der Waals surface area (Å²) in [6.45, 7) is 2.01. The fourth-order valence-electron chi connectivity index (χ4n) is 3.74. The third kappa shape index (κ3) is 3.44. The Hall–Kier alpha value is -2.74. The Labute approximate surface area is 155 Å². The molecule has 3 rings (SSSR count). The minimum absolute atomic E-state index is 0.0794. The zero-order valence-electron chi connectivity index (χ0n) is 15.0. The summed E-state index contributed by atoms with van der Waals surface area (Å²) in [5, 5.41) is 26.7. The summed E-state index contributed by atoms with van der Waals surface area (Å²) in [5.74, 6) is -1.93. The monoisotopic (exact) mass is 375 g/mol. The molecule has 8 heteroatoms. The van der Waals surface area contributed by atoms with Gasteiger partial charge in [0.05, 0.1) is 23.6 Å². The normalized spacial score (nSPS) is 22.6. The second-order valence-electron chi connectivity index (χ2n) is 6.91. The van der Waals surface area contributed by atoms with E-state index in [4.69, 9.17) is 0 Å².